The maximum atomic E-state index is 12.8. The van der Waals surface area contributed by atoms with Gasteiger partial charge in [-0.2, -0.15) is 0 Å². The number of anilines is 1. The van der Waals surface area contributed by atoms with Crippen LogP contribution in [0, 0.1) is 13.8 Å². The minimum absolute atomic E-state index is 0.194. The summed E-state index contributed by atoms with van der Waals surface area (Å²) in [6.07, 6.45) is 4.40. The highest BCUT2D eigenvalue weighted by molar-refractivity contribution is 6.10. The smallest absolute Gasteiger partial charge is 0.257 e. The Morgan fingerprint density at radius 3 is 2.48 bits per heavy atom. The molecule has 0 spiro atoms. The third-order valence-electron chi connectivity index (χ3n) is 4.77. The molecule has 0 bridgehead atoms. The Hall–Kier alpha value is -3.47. The van der Waals surface area contributed by atoms with Crippen molar-refractivity contribution in [3.8, 4) is 0 Å². The predicted molar refractivity (Wildman–Crippen MR) is 118 cm³/mol. The molecule has 1 amide bonds. The molecule has 0 radical (unpaired) electrons. The first kappa shape index (κ1) is 20.3. The van der Waals surface area contributed by atoms with Crippen molar-refractivity contribution < 1.29 is 4.79 Å². The zero-order chi connectivity index (χ0) is 20.6. The van der Waals surface area contributed by atoms with Gasteiger partial charge in [0.05, 0.1) is 6.54 Å². The largest absolute Gasteiger partial charge is 0.326 e. The molecule has 0 aliphatic heterocycles. The number of aryl methyl sites for hydroxylation is 3. The molecule has 5 heteroatoms. The molecule has 3 aromatic rings. The molecule has 29 heavy (non-hydrogen) atoms. The average molecular weight is 386 g/mol. The van der Waals surface area contributed by atoms with Gasteiger partial charge in [0, 0.05) is 23.6 Å². The number of pyridine rings is 1. The Morgan fingerprint density at radius 1 is 0.966 bits per heavy atom. The highest BCUT2D eigenvalue weighted by Crippen LogP contribution is 2.12. The Morgan fingerprint density at radius 2 is 1.76 bits per heavy atom. The van der Waals surface area contributed by atoms with Crippen molar-refractivity contribution >= 4 is 17.6 Å². The maximum absolute atomic E-state index is 12.8. The molecular formula is C24H26N4O. The molecular weight excluding hydrogens is 360 g/mol. The molecule has 2 N–H and O–H groups in total. The minimum atomic E-state index is -0.194. The van der Waals surface area contributed by atoms with Gasteiger partial charge >= 0.3 is 0 Å². The SMILES string of the molecule is CCc1cccc(NC(=NCc2ccncc2)NC(=O)c2ccc(C)c(C)c2)c1. The maximum Gasteiger partial charge on any atom is 0.257 e. The van der Waals surface area contributed by atoms with E-state index in [0.717, 1.165) is 28.8 Å². The number of carbonyl (C=O) groups excluding carboxylic acids is 1. The van der Waals surface area contributed by atoms with Crippen LogP contribution in [-0.4, -0.2) is 16.9 Å². The standard InChI is InChI=1S/C24H26N4O/c1-4-19-6-5-7-22(15-19)27-24(26-16-20-10-12-25-13-11-20)28-23(29)21-9-8-17(2)18(3)14-21/h5-15H,4,16H2,1-3H3,(H2,26,27,28,29). The fraction of sp³-hybridized carbons (Fsp3) is 0.208. The quantitative estimate of drug-likeness (QED) is 0.495. The van der Waals surface area contributed by atoms with E-state index in [2.05, 4.69) is 39.7 Å². The van der Waals surface area contributed by atoms with E-state index in [1.165, 1.54) is 5.56 Å². The molecule has 0 saturated carbocycles. The first-order valence-corrected chi connectivity index (χ1v) is 9.73. The fourth-order valence-electron chi connectivity index (χ4n) is 2.84. The third kappa shape index (κ3) is 5.75. The monoisotopic (exact) mass is 386 g/mol. The number of aromatic nitrogens is 1. The van der Waals surface area contributed by atoms with E-state index in [0.29, 0.717) is 18.1 Å². The van der Waals surface area contributed by atoms with Crippen molar-refractivity contribution in [2.75, 3.05) is 5.32 Å². The lowest BCUT2D eigenvalue weighted by molar-refractivity contribution is 0.0977. The number of hydrogen-bond acceptors (Lipinski definition) is 3. The van der Waals surface area contributed by atoms with Crippen LogP contribution in [0.2, 0.25) is 0 Å². The summed E-state index contributed by atoms with van der Waals surface area (Å²) in [6, 6.07) is 17.6. The molecule has 3 rings (SSSR count). The average Bonchev–Trinajstić information content (AvgIpc) is 2.74. The second-order valence-electron chi connectivity index (χ2n) is 6.95. The first-order valence-electron chi connectivity index (χ1n) is 9.73. The van der Waals surface area contributed by atoms with Gasteiger partial charge < -0.3 is 5.32 Å². The van der Waals surface area contributed by atoms with Gasteiger partial charge in [-0.3, -0.25) is 15.1 Å². The highest BCUT2D eigenvalue weighted by atomic mass is 16.1. The predicted octanol–water partition coefficient (Wildman–Crippen LogP) is 4.66. The van der Waals surface area contributed by atoms with Gasteiger partial charge in [0.25, 0.3) is 5.91 Å². The topological polar surface area (TPSA) is 66.4 Å². The Balaban J connectivity index is 1.82. The molecule has 0 aliphatic rings. The summed E-state index contributed by atoms with van der Waals surface area (Å²) >= 11 is 0. The number of hydrogen-bond donors (Lipinski definition) is 2. The lowest BCUT2D eigenvalue weighted by atomic mass is 10.1. The normalized spacial score (nSPS) is 11.2. The first-order chi connectivity index (χ1) is 14.0. The molecule has 1 heterocycles. The van der Waals surface area contributed by atoms with E-state index < -0.39 is 0 Å². The van der Waals surface area contributed by atoms with E-state index in [-0.39, 0.29) is 5.91 Å². The number of amides is 1. The highest BCUT2D eigenvalue weighted by Gasteiger charge is 2.11. The number of guanidine groups is 1. The van der Waals surface area contributed by atoms with E-state index in [9.17, 15) is 4.79 Å². The number of nitrogens with one attached hydrogen (secondary N) is 2. The van der Waals surface area contributed by atoms with Crippen LogP contribution in [0.1, 0.15) is 39.5 Å². The zero-order valence-corrected chi connectivity index (χ0v) is 17.1. The van der Waals surface area contributed by atoms with Crippen LogP contribution in [-0.2, 0) is 13.0 Å². The van der Waals surface area contributed by atoms with Crippen LogP contribution < -0.4 is 10.6 Å². The lowest BCUT2D eigenvalue weighted by Crippen LogP contribution is -2.36. The Bertz CT molecular complexity index is 1010. The van der Waals surface area contributed by atoms with E-state index in [4.69, 9.17) is 0 Å². The van der Waals surface area contributed by atoms with Gasteiger partial charge in [-0.15, -0.1) is 0 Å². The zero-order valence-electron chi connectivity index (χ0n) is 17.1. The van der Waals surface area contributed by atoms with Crippen LogP contribution in [0.15, 0.2) is 72.0 Å². The number of carbonyl (C=O) groups is 1. The van der Waals surface area contributed by atoms with Crippen LogP contribution in [0.25, 0.3) is 0 Å². The summed E-state index contributed by atoms with van der Waals surface area (Å²) in [5, 5.41) is 6.17. The number of nitrogens with zero attached hydrogens (tertiary/aromatic N) is 2. The van der Waals surface area contributed by atoms with Gasteiger partial charge in [-0.25, -0.2) is 4.99 Å². The fourth-order valence-corrected chi connectivity index (χ4v) is 2.84. The second kappa shape index (κ2) is 9.64. The summed E-state index contributed by atoms with van der Waals surface area (Å²) < 4.78 is 0. The van der Waals surface area contributed by atoms with Crippen molar-refractivity contribution in [1.29, 1.82) is 0 Å². The summed E-state index contributed by atoms with van der Waals surface area (Å²) in [7, 11) is 0. The van der Waals surface area contributed by atoms with E-state index >= 15 is 0 Å². The second-order valence-corrected chi connectivity index (χ2v) is 6.95. The number of rotatable bonds is 5. The summed E-state index contributed by atoms with van der Waals surface area (Å²) in [6.45, 7) is 6.57. The van der Waals surface area contributed by atoms with Crippen molar-refractivity contribution in [3.05, 3.63) is 94.8 Å². The molecule has 148 valence electrons. The summed E-state index contributed by atoms with van der Waals surface area (Å²) in [5.74, 6) is 0.221. The van der Waals surface area contributed by atoms with Gasteiger partial charge in [0.1, 0.15) is 0 Å². The minimum Gasteiger partial charge on any atom is -0.326 e. The lowest BCUT2D eigenvalue weighted by Gasteiger charge is -2.13. The summed E-state index contributed by atoms with van der Waals surface area (Å²) in [5.41, 5.74) is 5.96. The molecule has 0 fully saturated rings. The van der Waals surface area contributed by atoms with Gasteiger partial charge in [0.15, 0.2) is 0 Å². The Labute approximate surface area is 171 Å². The summed E-state index contributed by atoms with van der Waals surface area (Å²) in [4.78, 5) is 21.4. The molecule has 0 aliphatic carbocycles. The van der Waals surface area contributed by atoms with Crippen molar-refractivity contribution in [1.82, 2.24) is 10.3 Å². The van der Waals surface area contributed by atoms with Crippen LogP contribution in [0.5, 0.6) is 0 Å². The van der Waals surface area contributed by atoms with Gasteiger partial charge in [-0.05, 0) is 78.9 Å². The Kier molecular flexibility index (Phi) is 6.74. The molecule has 0 saturated heterocycles. The van der Waals surface area contributed by atoms with Crippen molar-refractivity contribution in [3.63, 3.8) is 0 Å². The third-order valence-corrected chi connectivity index (χ3v) is 4.77. The van der Waals surface area contributed by atoms with Crippen LogP contribution >= 0.6 is 0 Å². The van der Waals surface area contributed by atoms with Crippen molar-refractivity contribution in [2.45, 2.75) is 33.7 Å². The molecule has 1 aromatic heterocycles. The molecule has 2 aromatic carbocycles. The van der Waals surface area contributed by atoms with Crippen LogP contribution in [0.3, 0.4) is 0 Å². The van der Waals surface area contributed by atoms with E-state index in [1.807, 2.05) is 56.3 Å². The number of aliphatic imine (C=N–C) groups is 1. The molecule has 5 nitrogen and oxygen atoms in total. The van der Waals surface area contributed by atoms with Crippen LogP contribution in [0.4, 0.5) is 5.69 Å². The van der Waals surface area contributed by atoms with Gasteiger partial charge in [-0.1, -0.05) is 25.1 Å². The van der Waals surface area contributed by atoms with Gasteiger partial charge in [0.2, 0.25) is 5.96 Å². The van der Waals surface area contributed by atoms with E-state index in [1.54, 1.807) is 12.4 Å². The number of benzene rings is 2. The molecule has 0 unspecified atom stereocenters. The molecule has 0 atom stereocenters. The van der Waals surface area contributed by atoms with Crippen molar-refractivity contribution in [2.24, 2.45) is 4.99 Å².